The number of aryl methyl sites for hydroxylation is 1. The van der Waals surface area contributed by atoms with Crippen LogP contribution in [0.3, 0.4) is 0 Å². The van der Waals surface area contributed by atoms with Gasteiger partial charge in [-0.1, -0.05) is 12.1 Å². The zero-order valence-corrected chi connectivity index (χ0v) is 18.9. The lowest BCUT2D eigenvalue weighted by molar-refractivity contribution is -0.0498. The summed E-state index contributed by atoms with van der Waals surface area (Å²) >= 11 is 1.21. The molecule has 1 heterocycles. The van der Waals surface area contributed by atoms with Gasteiger partial charge in [-0.2, -0.15) is 14.0 Å². The summed E-state index contributed by atoms with van der Waals surface area (Å²) in [5.41, 5.74) is 1.82. The lowest BCUT2D eigenvalue weighted by atomic mass is 10.1. The molecule has 0 atom stereocenters. The van der Waals surface area contributed by atoms with E-state index in [9.17, 15) is 22.0 Å². The highest BCUT2D eigenvalue weighted by molar-refractivity contribution is 7.72. The van der Waals surface area contributed by atoms with Gasteiger partial charge in [0.2, 0.25) is 0 Å². The molecule has 0 spiro atoms. The Morgan fingerprint density at radius 1 is 1.27 bits per heavy atom. The van der Waals surface area contributed by atoms with Crippen LogP contribution in [0.1, 0.15) is 26.5 Å². The summed E-state index contributed by atoms with van der Waals surface area (Å²) in [6.07, 6.45) is 0. The molecule has 1 amide bonds. The third-order valence-electron chi connectivity index (χ3n) is 4.37. The fourth-order valence-corrected chi connectivity index (χ4v) is 4.12. The quantitative estimate of drug-likeness (QED) is 0.439. The first-order chi connectivity index (χ1) is 15.8. The van der Waals surface area contributed by atoms with Crippen molar-refractivity contribution in [3.8, 4) is 11.8 Å². The lowest BCUT2D eigenvalue weighted by Gasteiger charge is -2.22. The number of nitriles is 1. The number of hydrogen-bond acceptors (Lipinski definition) is 8. The molecule has 2 aromatic carbocycles. The maximum absolute atomic E-state index is 12.6. The highest BCUT2D eigenvalue weighted by Crippen LogP contribution is 2.33. The Kier molecular flexibility index (Phi) is 7.92. The molecule has 0 saturated heterocycles. The zero-order valence-electron chi connectivity index (χ0n) is 17.2. The van der Waals surface area contributed by atoms with Crippen LogP contribution in [0.25, 0.3) is 0 Å². The number of thiol groups is 1. The minimum absolute atomic E-state index is 0.00406. The largest absolute Gasteiger partial charge is 0.435 e. The molecule has 0 aliphatic rings. The van der Waals surface area contributed by atoms with Crippen molar-refractivity contribution in [2.75, 3.05) is 10.8 Å². The summed E-state index contributed by atoms with van der Waals surface area (Å²) in [5.74, 6) is -1.12. The Morgan fingerprint density at radius 3 is 2.64 bits per heavy atom. The van der Waals surface area contributed by atoms with E-state index in [4.69, 9.17) is 5.26 Å². The topological polar surface area (TPSA) is 112 Å². The molecular weight excluding hydrogens is 474 g/mol. The molecule has 1 N–H and O–H groups in total. The predicted molar refractivity (Wildman–Crippen MR) is 120 cm³/mol. The van der Waals surface area contributed by atoms with Crippen LogP contribution >= 0.6 is 11.3 Å². The molecule has 0 saturated carbocycles. The molecule has 0 fully saturated rings. The number of carbonyl (C=O) groups excluding carboxylic acids is 1. The number of ether oxygens (including phenoxy) is 1. The number of carbonyl (C=O) groups is 1. The van der Waals surface area contributed by atoms with Crippen LogP contribution in [-0.4, -0.2) is 31.8 Å². The minimum atomic E-state index is -2.96. The highest BCUT2D eigenvalue weighted by atomic mass is 32.2. The first-order valence-corrected chi connectivity index (χ1v) is 11.6. The van der Waals surface area contributed by atoms with Crippen molar-refractivity contribution in [3.63, 3.8) is 0 Å². The average Bonchev–Trinajstić information content (AvgIpc) is 3.17. The average molecular weight is 493 g/mol. The van der Waals surface area contributed by atoms with E-state index in [-0.39, 0.29) is 18.0 Å². The van der Waals surface area contributed by atoms with Crippen LogP contribution in [0.2, 0.25) is 0 Å². The molecular formula is C21H18F2N4O4S2. The number of alkyl halides is 2. The van der Waals surface area contributed by atoms with Crippen molar-refractivity contribution in [1.29, 1.82) is 5.26 Å². The van der Waals surface area contributed by atoms with Gasteiger partial charge in [-0.25, -0.2) is 13.4 Å². The number of amides is 1. The van der Waals surface area contributed by atoms with Crippen molar-refractivity contribution in [3.05, 3.63) is 70.2 Å². The smallest absolute Gasteiger partial charge is 0.387 e. The van der Waals surface area contributed by atoms with E-state index in [0.29, 0.717) is 26.8 Å². The molecule has 0 aliphatic carbocycles. The maximum Gasteiger partial charge on any atom is 0.387 e. The van der Waals surface area contributed by atoms with Crippen LogP contribution in [0.4, 0.5) is 19.6 Å². The molecule has 3 rings (SSSR count). The SMILES string of the molecule is Cc1sc(N(Cc2cccc(OC(F)F)c2)c2ccc(C#N)cc2)nc1C(=O)NC[SH](=O)=O. The number of hydrogen-bond donors (Lipinski definition) is 2. The van der Waals surface area contributed by atoms with Crippen LogP contribution in [0.15, 0.2) is 48.5 Å². The lowest BCUT2D eigenvalue weighted by Crippen LogP contribution is -2.26. The molecule has 0 unspecified atom stereocenters. The van der Waals surface area contributed by atoms with Crippen molar-refractivity contribution in [1.82, 2.24) is 10.3 Å². The van der Waals surface area contributed by atoms with Gasteiger partial charge >= 0.3 is 6.61 Å². The van der Waals surface area contributed by atoms with Crippen LogP contribution in [-0.2, 0) is 17.2 Å². The number of nitrogens with one attached hydrogen (secondary N) is 1. The summed E-state index contributed by atoms with van der Waals surface area (Å²) in [6, 6.07) is 14.9. The summed E-state index contributed by atoms with van der Waals surface area (Å²) < 4.78 is 51.3. The van der Waals surface area contributed by atoms with Crippen molar-refractivity contribution in [2.45, 2.75) is 20.1 Å². The van der Waals surface area contributed by atoms with E-state index in [2.05, 4.69) is 15.0 Å². The van der Waals surface area contributed by atoms with E-state index in [1.54, 1.807) is 48.2 Å². The fraction of sp³-hybridized carbons (Fsp3) is 0.190. The molecule has 0 bridgehead atoms. The summed E-state index contributed by atoms with van der Waals surface area (Å²) in [5, 5.41) is 11.8. The maximum atomic E-state index is 12.6. The predicted octanol–water partition coefficient (Wildman–Crippen LogP) is 3.56. The molecule has 1 aromatic heterocycles. The third kappa shape index (κ3) is 6.47. The monoisotopic (exact) mass is 492 g/mol. The Balaban J connectivity index is 1.97. The number of halogens is 2. The Labute approximate surface area is 194 Å². The van der Waals surface area contributed by atoms with E-state index in [1.807, 2.05) is 6.07 Å². The number of anilines is 2. The van der Waals surface area contributed by atoms with Crippen molar-refractivity contribution in [2.24, 2.45) is 0 Å². The molecule has 8 nitrogen and oxygen atoms in total. The minimum Gasteiger partial charge on any atom is -0.435 e. The van der Waals surface area contributed by atoms with E-state index in [1.165, 1.54) is 23.5 Å². The molecule has 12 heteroatoms. The summed E-state index contributed by atoms with van der Waals surface area (Å²) in [7, 11) is -2.78. The standard InChI is InChI=1S/C21H18F2N4O4S2/c1-13-18(19(28)25-12-33(29)30)26-21(32-13)27(16-7-5-14(10-24)6-8-16)11-15-3-2-4-17(9-15)31-20(22)23/h2-9,20,33H,11-12H2,1H3,(H,25,28). The van der Waals surface area contributed by atoms with Gasteiger partial charge in [-0.15, -0.1) is 11.3 Å². The van der Waals surface area contributed by atoms with Gasteiger partial charge in [0.1, 0.15) is 17.3 Å². The molecule has 0 radical (unpaired) electrons. The van der Waals surface area contributed by atoms with Gasteiger partial charge in [0.05, 0.1) is 18.2 Å². The van der Waals surface area contributed by atoms with E-state index in [0.717, 1.165) is 0 Å². The first-order valence-electron chi connectivity index (χ1n) is 9.45. The Morgan fingerprint density at radius 2 is 2.00 bits per heavy atom. The molecule has 0 aliphatic heterocycles. The molecule has 172 valence electrons. The first kappa shape index (κ1) is 24.1. The number of thiazole rings is 1. The summed E-state index contributed by atoms with van der Waals surface area (Å²) in [4.78, 5) is 19.1. The molecule has 3 aromatic rings. The van der Waals surface area contributed by atoms with Crippen molar-refractivity contribution >= 4 is 38.8 Å². The van der Waals surface area contributed by atoms with E-state index >= 15 is 0 Å². The highest BCUT2D eigenvalue weighted by Gasteiger charge is 2.21. The molecule has 33 heavy (non-hydrogen) atoms. The van der Waals surface area contributed by atoms with Crippen LogP contribution in [0, 0.1) is 18.3 Å². The zero-order chi connectivity index (χ0) is 24.0. The second kappa shape index (κ2) is 10.8. The third-order valence-corrected chi connectivity index (χ3v) is 5.78. The second-order valence-corrected chi connectivity index (χ2v) is 8.83. The number of nitrogens with zero attached hydrogens (tertiary/aromatic N) is 3. The van der Waals surface area contributed by atoms with Gasteiger partial charge in [-0.3, -0.25) is 4.79 Å². The number of benzene rings is 2. The van der Waals surface area contributed by atoms with E-state index < -0.39 is 29.1 Å². The number of aromatic nitrogens is 1. The number of rotatable bonds is 9. The second-order valence-electron chi connectivity index (χ2n) is 6.67. The fourth-order valence-electron chi connectivity index (χ4n) is 2.92. The van der Waals surface area contributed by atoms with Gasteiger partial charge in [-0.05, 0) is 48.9 Å². The van der Waals surface area contributed by atoms with Crippen LogP contribution in [0.5, 0.6) is 5.75 Å². The van der Waals surface area contributed by atoms with Crippen molar-refractivity contribution < 1.29 is 26.7 Å². The van der Waals surface area contributed by atoms with Crippen LogP contribution < -0.4 is 15.0 Å². The summed E-state index contributed by atoms with van der Waals surface area (Å²) in [6.45, 7) is -1.07. The van der Waals surface area contributed by atoms with Gasteiger partial charge in [0.25, 0.3) is 5.91 Å². The van der Waals surface area contributed by atoms with Gasteiger partial charge < -0.3 is 15.0 Å². The normalized spacial score (nSPS) is 10.8. The van der Waals surface area contributed by atoms with Gasteiger partial charge in [0.15, 0.2) is 15.8 Å². The Hall–Kier alpha value is -3.56. The Bertz CT molecular complexity index is 1250. The van der Waals surface area contributed by atoms with Gasteiger partial charge in [0, 0.05) is 10.6 Å².